The van der Waals surface area contributed by atoms with E-state index in [1.165, 1.54) is 0 Å². The molecule has 1 aliphatic heterocycles. The van der Waals surface area contributed by atoms with Crippen LogP contribution in [0.4, 0.5) is 11.8 Å². The molecule has 1 aromatic rings. The van der Waals surface area contributed by atoms with Crippen LogP contribution in [0.25, 0.3) is 0 Å². The summed E-state index contributed by atoms with van der Waals surface area (Å²) in [5.41, 5.74) is -0.000571. The van der Waals surface area contributed by atoms with Crippen molar-refractivity contribution in [3.05, 3.63) is 12.3 Å². The number of anilines is 2. The Bertz CT molecular complexity index is 412. The smallest absolute Gasteiger partial charge is 0.224 e. The van der Waals surface area contributed by atoms with Crippen molar-refractivity contribution < 1.29 is 4.74 Å². The predicted molar refractivity (Wildman–Crippen MR) is 81.2 cm³/mol. The zero-order chi connectivity index (χ0) is 14.4. The average Bonchev–Trinajstić information content (AvgIpc) is 2.38. The van der Waals surface area contributed by atoms with Gasteiger partial charge in [-0.05, 0) is 26.8 Å². The van der Waals surface area contributed by atoms with Crippen LogP contribution in [-0.4, -0.2) is 59.8 Å². The molecule has 1 aromatic heterocycles. The molecule has 0 spiro atoms. The molecular weight excluding hydrogens is 254 g/mol. The highest BCUT2D eigenvalue weighted by molar-refractivity contribution is 5.41. The van der Waals surface area contributed by atoms with Gasteiger partial charge in [0, 0.05) is 37.9 Å². The minimum Gasteiger partial charge on any atom is -0.379 e. The SMILES string of the molecule is CC(C)(C)Nc1ccnc(NCCN2CCOCC2)n1. The van der Waals surface area contributed by atoms with Crippen LogP contribution in [0.1, 0.15) is 20.8 Å². The number of ether oxygens (including phenoxy) is 1. The normalized spacial score (nSPS) is 16.9. The van der Waals surface area contributed by atoms with Gasteiger partial charge in [-0.15, -0.1) is 0 Å². The number of rotatable bonds is 5. The third-order valence-electron chi connectivity index (χ3n) is 2.97. The van der Waals surface area contributed by atoms with Gasteiger partial charge in [0.25, 0.3) is 0 Å². The van der Waals surface area contributed by atoms with Gasteiger partial charge in [-0.25, -0.2) is 4.98 Å². The van der Waals surface area contributed by atoms with E-state index < -0.39 is 0 Å². The van der Waals surface area contributed by atoms with Crippen molar-refractivity contribution in [3.63, 3.8) is 0 Å². The Balaban J connectivity index is 1.79. The lowest BCUT2D eigenvalue weighted by Crippen LogP contribution is -2.39. The molecule has 1 aliphatic rings. The maximum absolute atomic E-state index is 5.33. The molecule has 0 atom stereocenters. The average molecular weight is 279 g/mol. The fourth-order valence-corrected chi connectivity index (χ4v) is 2.05. The highest BCUT2D eigenvalue weighted by Gasteiger charge is 2.11. The Kier molecular flexibility index (Phi) is 5.14. The van der Waals surface area contributed by atoms with Crippen molar-refractivity contribution in [2.24, 2.45) is 0 Å². The van der Waals surface area contributed by atoms with Gasteiger partial charge in [-0.1, -0.05) is 0 Å². The lowest BCUT2D eigenvalue weighted by atomic mass is 10.1. The molecule has 2 N–H and O–H groups in total. The number of hydrogen-bond donors (Lipinski definition) is 2. The zero-order valence-electron chi connectivity index (χ0n) is 12.6. The molecule has 2 rings (SSSR count). The van der Waals surface area contributed by atoms with Crippen molar-refractivity contribution in [1.29, 1.82) is 0 Å². The summed E-state index contributed by atoms with van der Waals surface area (Å²) in [5.74, 6) is 1.52. The number of hydrogen-bond acceptors (Lipinski definition) is 6. The summed E-state index contributed by atoms with van der Waals surface area (Å²) in [5, 5.41) is 6.62. The Hall–Kier alpha value is -1.40. The molecule has 20 heavy (non-hydrogen) atoms. The molecule has 0 bridgehead atoms. The molecule has 0 radical (unpaired) electrons. The molecule has 6 heteroatoms. The van der Waals surface area contributed by atoms with E-state index in [0.29, 0.717) is 5.95 Å². The number of aromatic nitrogens is 2. The van der Waals surface area contributed by atoms with E-state index in [4.69, 9.17) is 4.74 Å². The van der Waals surface area contributed by atoms with E-state index in [0.717, 1.165) is 45.2 Å². The van der Waals surface area contributed by atoms with E-state index >= 15 is 0 Å². The lowest BCUT2D eigenvalue weighted by Gasteiger charge is -2.26. The summed E-state index contributed by atoms with van der Waals surface area (Å²) in [4.78, 5) is 11.1. The van der Waals surface area contributed by atoms with Crippen molar-refractivity contribution >= 4 is 11.8 Å². The highest BCUT2D eigenvalue weighted by atomic mass is 16.5. The van der Waals surface area contributed by atoms with Crippen LogP contribution in [0.15, 0.2) is 12.3 Å². The van der Waals surface area contributed by atoms with Gasteiger partial charge >= 0.3 is 0 Å². The van der Waals surface area contributed by atoms with Crippen LogP contribution in [0.2, 0.25) is 0 Å². The fourth-order valence-electron chi connectivity index (χ4n) is 2.05. The molecule has 1 fully saturated rings. The Morgan fingerprint density at radius 2 is 2.05 bits per heavy atom. The Morgan fingerprint density at radius 1 is 1.30 bits per heavy atom. The highest BCUT2D eigenvalue weighted by Crippen LogP contribution is 2.12. The van der Waals surface area contributed by atoms with Gasteiger partial charge in [0.05, 0.1) is 13.2 Å². The molecule has 0 saturated carbocycles. The first kappa shape index (κ1) is 15.0. The first-order valence-corrected chi connectivity index (χ1v) is 7.18. The first-order valence-electron chi connectivity index (χ1n) is 7.18. The number of morpholine rings is 1. The minimum atomic E-state index is -0.000571. The van der Waals surface area contributed by atoms with Gasteiger partial charge in [0.2, 0.25) is 5.95 Å². The summed E-state index contributed by atoms with van der Waals surface area (Å²) in [6.07, 6.45) is 1.78. The molecule has 112 valence electrons. The molecule has 0 aliphatic carbocycles. The summed E-state index contributed by atoms with van der Waals surface area (Å²) in [7, 11) is 0. The second-order valence-corrected chi connectivity index (χ2v) is 6.02. The van der Waals surface area contributed by atoms with E-state index in [9.17, 15) is 0 Å². The van der Waals surface area contributed by atoms with Crippen LogP contribution >= 0.6 is 0 Å². The number of nitrogens with one attached hydrogen (secondary N) is 2. The topological polar surface area (TPSA) is 62.3 Å². The number of nitrogens with zero attached hydrogens (tertiary/aromatic N) is 3. The Labute approximate surface area is 120 Å². The summed E-state index contributed by atoms with van der Waals surface area (Å²) < 4.78 is 5.33. The van der Waals surface area contributed by atoms with Crippen LogP contribution < -0.4 is 10.6 Å². The molecule has 2 heterocycles. The molecule has 1 saturated heterocycles. The van der Waals surface area contributed by atoms with Crippen LogP contribution in [0.3, 0.4) is 0 Å². The van der Waals surface area contributed by atoms with E-state index in [2.05, 4.69) is 46.3 Å². The van der Waals surface area contributed by atoms with E-state index in [-0.39, 0.29) is 5.54 Å². The van der Waals surface area contributed by atoms with Gasteiger partial charge in [-0.3, -0.25) is 4.90 Å². The van der Waals surface area contributed by atoms with Crippen molar-refractivity contribution in [2.75, 3.05) is 50.0 Å². The maximum atomic E-state index is 5.33. The summed E-state index contributed by atoms with van der Waals surface area (Å²) in [6.45, 7) is 11.9. The van der Waals surface area contributed by atoms with Crippen LogP contribution in [0.5, 0.6) is 0 Å². The van der Waals surface area contributed by atoms with Gasteiger partial charge in [0.1, 0.15) is 5.82 Å². The quantitative estimate of drug-likeness (QED) is 0.850. The standard InChI is InChI=1S/C14H25N5O/c1-14(2,3)18-12-4-5-15-13(17-12)16-6-7-19-8-10-20-11-9-19/h4-5H,6-11H2,1-3H3,(H2,15,16,17,18). The maximum Gasteiger partial charge on any atom is 0.224 e. The molecule has 0 amide bonds. The third-order valence-corrected chi connectivity index (χ3v) is 2.97. The third kappa shape index (κ3) is 5.30. The van der Waals surface area contributed by atoms with Crippen molar-refractivity contribution in [1.82, 2.24) is 14.9 Å². The van der Waals surface area contributed by atoms with Crippen LogP contribution in [-0.2, 0) is 4.74 Å². The summed E-state index contributed by atoms with van der Waals surface area (Å²) >= 11 is 0. The second kappa shape index (κ2) is 6.85. The monoisotopic (exact) mass is 279 g/mol. The largest absolute Gasteiger partial charge is 0.379 e. The first-order chi connectivity index (χ1) is 9.53. The summed E-state index contributed by atoms with van der Waals surface area (Å²) in [6, 6.07) is 1.89. The van der Waals surface area contributed by atoms with E-state index in [1.807, 2.05) is 6.07 Å². The second-order valence-electron chi connectivity index (χ2n) is 6.02. The predicted octanol–water partition coefficient (Wildman–Crippen LogP) is 1.43. The van der Waals surface area contributed by atoms with Gasteiger partial charge < -0.3 is 15.4 Å². The minimum absolute atomic E-state index is 0.000571. The molecule has 0 unspecified atom stereocenters. The lowest BCUT2D eigenvalue weighted by molar-refractivity contribution is 0.0398. The van der Waals surface area contributed by atoms with Crippen molar-refractivity contribution in [2.45, 2.75) is 26.3 Å². The van der Waals surface area contributed by atoms with Crippen molar-refractivity contribution in [3.8, 4) is 0 Å². The van der Waals surface area contributed by atoms with Gasteiger partial charge in [0.15, 0.2) is 0 Å². The molecular formula is C14H25N5O. The van der Waals surface area contributed by atoms with E-state index in [1.54, 1.807) is 6.20 Å². The van der Waals surface area contributed by atoms with Crippen LogP contribution in [0, 0.1) is 0 Å². The fraction of sp³-hybridized carbons (Fsp3) is 0.714. The molecule has 6 nitrogen and oxygen atoms in total. The Morgan fingerprint density at radius 3 is 2.75 bits per heavy atom. The zero-order valence-corrected chi connectivity index (χ0v) is 12.6. The van der Waals surface area contributed by atoms with Gasteiger partial charge in [-0.2, -0.15) is 4.98 Å². The molecule has 0 aromatic carbocycles.